The van der Waals surface area contributed by atoms with Crippen molar-refractivity contribution in [3.8, 4) is 5.75 Å². The van der Waals surface area contributed by atoms with Gasteiger partial charge in [0.2, 0.25) is 0 Å². The van der Waals surface area contributed by atoms with Crippen LogP contribution < -0.4 is 10.1 Å². The first-order valence-corrected chi connectivity index (χ1v) is 7.94. The van der Waals surface area contributed by atoms with E-state index in [9.17, 15) is 0 Å². The zero-order chi connectivity index (χ0) is 16.2. The Balaban J connectivity index is 1.92. The van der Waals surface area contributed by atoms with Gasteiger partial charge in [-0.3, -0.25) is 0 Å². The molecular weight excluding hydrogens is 270 g/mol. The maximum atomic E-state index is 5.65. The molecule has 1 N–H and O–H groups in total. The van der Waals surface area contributed by atoms with Crippen LogP contribution in [0.25, 0.3) is 0 Å². The van der Waals surface area contributed by atoms with Gasteiger partial charge in [0.15, 0.2) is 0 Å². The minimum absolute atomic E-state index is 0.207. The summed E-state index contributed by atoms with van der Waals surface area (Å²) in [6, 6.07) is 17.0. The molecule has 0 saturated carbocycles. The van der Waals surface area contributed by atoms with E-state index >= 15 is 0 Å². The molecule has 0 radical (unpaired) electrons. The highest BCUT2D eigenvalue weighted by Crippen LogP contribution is 2.22. The number of rotatable bonds is 5. The van der Waals surface area contributed by atoms with Gasteiger partial charge in [0.1, 0.15) is 5.75 Å². The maximum Gasteiger partial charge on any atom is 0.119 e. The molecule has 0 unspecified atom stereocenters. The molecule has 0 spiro atoms. The molecule has 2 heteroatoms. The van der Waals surface area contributed by atoms with E-state index in [4.69, 9.17) is 4.74 Å². The molecular formula is C20H27NO. The van der Waals surface area contributed by atoms with E-state index in [1.165, 1.54) is 11.1 Å². The molecule has 0 atom stereocenters. The zero-order valence-electron chi connectivity index (χ0n) is 14.3. The fourth-order valence-corrected chi connectivity index (χ4v) is 2.25. The number of ether oxygens (including phenoxy) is 1. The number of anilines is 1. The van der Waals surface area contributed by atoms with E-state index in [1.807, 2.05) is 26.0 Å². The molecule has 2 nitrogen and oxygen atoms in total. The Kier molecular flexibility index (Phi) is 5.12. The Morgan fingerprint density at radius 3 is 2.00 bits per heavy atom. The summed E-state index contributed by atoms with van der Waals surface area (Å²) in [5, 5.41) is 3.44. The fraction of sp³-hybridized carbons (Fsp3) is 0.400. The van der Waals surface area contributed by atoms with Crippen molar-refractivity contribution in [2.75, 3.05) is 5.32 Å². The first-order valence-electron chi connectivity index (χ1n) is 7.94. The van der Waals surface area contributed by atoms with Crippen LogP contribution in [0.2, 0.25) is 0 Å². The van der Waals surface area contributed by atoms with Crippen LogP contribution in [0.1, 0.15) is 45.7 Å². The van der Waals surface area contributed by atoms with Crippen molar-refractivity contribution in [3.63, 3.8) is 0 Å². The molecule has 0 aromatic heterocycles. The summed E-state index contributed by atoms with van der Waals surface area (Å²) in [5.41, 5.74) is 3.97. The van der Waals surface area contributed by atoms with Crippen LogP contribution in [0.15, 0.2) is 48.5 Å². The minimum atomic E-state index is 0.207. The van der Waals surface area contributed by atoms with E-state index in [-0.39, 0.29) is 11.5 Å². The van der Waals surface area contributed by atoms with Gasteiger partial charge in [-0.05, 0) is 54.7 Å². The Labute approximate surface area is 134 Å². The van der Waals surface area contributed by atoms with Gasteiger partial charge in [0.25, 0.3) is 0 Å². The summed E-state index contributed by atoms with van der Waals surface area (Å²) < 4.78 is 5.65. The molecule has 0 aliphatic heterocycles. The third kappa shape index (κ3) is 4.80. The molecule has 0 heterocycles. The molecule has 0 saturated heterocycles. The first-order chi connectivity index (χ1) is 10.3. The minimum Gasteiger partial charge on any atom is -0.491 e. The van der Waals surface area contributed by atoms with E-state index < -0.39 is 0 Å². The number of benzene rings is 2. The second-order valence-electron chi connectivity index (χ2n) is 6.99. The summed E-state index contributed by atoms with van der Waals surface area (Å²) >= 11 is 0. The van der Waals surface area contributed by atoms with Crippen molar-refractivity contribution in [2.45, 2.75) is 52.7 Å². The lowest BCUT2D eigenvalue weighted by Gasteiger charge is -2.19. The standard InChI is InChI=1S/C20H27NO/c1-15(2)22-19-12-10-18(11-13-19)21-14-16-6-8-17(9-7-16)20(3,4)5/h6-13,15,21H,14H2,1-5H3. The number of hydrogen-bond acceptors (Lipinski definition) is 2. The molecule has 0 aliphatic carbocycles. The maximum absolute atomic E-state index is 5.65. The van der Waals surface area contributed by atoms with E-state index in [0.717, 1.165) is 18.0 Å². The highest BCUT2D eigenvalue weighted by atomic mass is 16.5. The summed E-state index contributed by atoms with van der Waals surface area (Å²) in [5.74, 6) is 0.912. The molecule has 118 valence electrons. The highest BCUT2D eigenvalue weighted by molar-refractivity contribution is 5.47. The van der Waals surface area contributed by atoms with Crippen molar-refractivity contribution >= 4 is 5.69 Å². The lowest BCUT2D eigenvalue weighted by atomic mass is 9.87. The van der Waals surface area contributed by atoms with Gasteiger partial charge in [-0.1, -0.05) is 45.0 Å². The molecule has 2 aromatic carbocycles. The lowest BCUT2D eigenvalue weighted by molar-refractivity contribution is 0.242. The van der Waals surface area contributed by atoms with Crippen molar-refractivity contribution in [3.05, 3.63) is 59.7 Å². The quantitative estimate of drug-likeness (QED) is 0.799. The largest absolute Gasteiger partial charge is 0.491 e. The average molecular weight is 297 g/mol. The number of hydrogen-bond donors (Lipinski definition) is 1. The van der Waals surface area contributed by atoms with Crippen LogP contribution in [0.4, 0.5) is 5.69 Å². The van der Waals surface area contributed by atoms with E-state index in [2.05, 4.69) is 62.5 Å². The van der Waals surface area contributed by atoms with Crippen molar-refractivity contribution in [1.82, 2.24) is 0 Å². The smallest absolute Gasteiger partial charge is 0.119 e. The third-order valence-corrected chi connectivity index (χ3v) is 3.54. The SMILES string of the molecule is CC(C)Oc1ccc(NCc2ccc(C(C)(C)C)cc2)cc1. The van der Waals surface area contributed by atoms with E-state index in [0.29, 0.717) is 0 Å². The molecule has 0 bridgehead atoms. The highest BCUT2D eigenvalue weighted by Gasteiger charge is 2.12. The van der Waals surface area contributed by atoms with Crippen LogP contribution in [-0.4, -0.2) is 6.10 Å². The van der Waals surface area contributed by atoms with Crippen LogP contribution in [0.3, 0.4) is 0 Å². The lowest BCUT2D eigenvalue weighted by Crippen LogP contribution is -2.11. The molecule has 2 rings (SSSR count). The summed E-state index contributed by atoms with van der Waals surface area (Å²) in [6.45, 7) is 11.6. The van der Waals surface area contributed by atoms with Crippen molar-refractivity contribution in [2.24, 2.45) is 0 Å². The molecule has 2 aromatic rings. The normalized spacial score (nSPS) is 11.5. The van der Waals surface area contributed by atoms with Gasteiger partial charge in [-0.15, -0.1) is 0 Å². The fourth-order valence-electron chi connectivity index (χ4n) is 2.25. The average Bonchev–Trinajstić information content (AvgIpc) is 2.45. The zero-order valence-corrected chi connectivity index (χ0v) is 14.3. The number of nitrogens with one attached hydrogen (secondary N) is 1. The molecule has 22 heavy (non-hydrogen) atoms. The van der Waals surface area contributed by atoms with Crippen LogP contribution in [0, 0.1) is 0 Å². The monoisotopic (exact) mass is 297 g/mol. The Morgan fingerprint density at radius 2 is 1.50 bits per heavy atom. The van der Waals surface area contributed by atoms with Crippen LogP contribution in [-0.2, 0) is 12.0 Å². The Morgan fingerprint density at radius 1 is 0.909 bits per heavy atom. The summed E-state index contributed by atoms with van der Waals surface area (Å²) in [7, 11) is 0. The van der Waals surface area contributed by atoms with Crippen molar-refractivity contribution in [1.29, 1.82) is 0 Å². The molecule has 0 amide bonds. The van der Waals surface area contributed by atoms with Crippen molar-refractivity contribution < 1.29 is 4.74 Å². The Bertz CT molecular complexity index is 577. The summed E-state index contributed by atoms with van der Waals surface area (Å²) in [4.78, 5) is 0. The topological polar surface area (TPSA) is 21.3 Å². The molecule has 0 fully saturated rings. The first kappa shape index (κ1) is 16.4. The predicted molar refractivity (Wildman–Crippen MR) is 94.7 cm³/mol. The predicted octanol–water partition coefficient (Wildman–Crippen LogP) is 5.38. The van der Waals surface area contributed by atoms with Gasteiger partial charge < -0.3 is 10.1 Å². The third-order valence-electron chi connectivity index (χ3n) is 3.54. The second kappa shape index (κ2) is 6.87. The van der Waals surface area contributed by atoms with Gasteiger partial charge in [0.05, 0.1) is 6.10 Å². The van der Waals surface area contributed by atoms with Crippen LogP contribution in [0.5, 0.6) is 5.75 Å². The van der Waals surface area contributed by atoms with Gasteiger partial charge >= 0.3 is 0 Å². The van der Waals surface area contributed by atoms with Crippen LogP contribution >= 0.6 is 0 Å². The van der Waals surface area contributed by atoms with Gasteiger partial charge in [-0.25, -0.2) is 0 Å². The molecule has 0 aliphatic rings. The Hall–Kier alpha value is -1.96. The van der Waals surface area contributed by atoms with E-state index in [1.54, 1.807) is 0 Å². The van der Waals surface area contributed by atoms with Gasteiger partial charge in [0, 0.05) is 12.2 Å². The van der Waals surface area contributed by atoms with Gasteiger partial charge in [-0.2, -0.15) is 0 Å². The second-order valence-corrected chi connectivity index (χ2v) is 6.99. The summed E-state index contributed by atoms with van der Waals surface area (Å²) in [6.07, 6.45) is 0.208.